The second-order valence-corrected chi connectivity index (χ2v) is 7.68. The van der Waals surface area contributed by atoms with Crippen LogP contribution in [0.5, 0.6) is 0 Å². The molecule has 0 aliphatic carbocycles. The van der Waals surface area contributed by atoms with Crippen LogP contribution in [0.3, 0.4) is 0 Å². The fourth-order valence-corrected chi connectivity index (χ4v) is 2.57. The molecule has 0 aliphatic rings. The lowest BCUT2D eigenvalue weighted by Crippen LogP contribution is -2.50. The van der Waals surface area contributed by atoms with Crippen LogP contribution in [0.4, 0.5) is 0 Å². The molecule has 0 aromatic heterocycles. The Labute approximate surface area is 180 Å². The molecule has 2 amide bonds. The van der Waals surface area contributed by atoms with Crippen LogP contribution in [-0.2, 0) is 23.9 Å². The molecule has 3 N–H and O–H groups in total. The van der Waals surface area contributed by atoms with E-state index in [0.717, 1.165) is 19.3 Å². The molecule has 0 radical (unpaired) electrons. The van der Waals surface area contributed by atoms with E-state index in [9.17, 15) is 14.4 Å². The van der Waals surface area contributed by atoms with Crippen LogP contribution < -0.4 is 10.6 Å². The summed E-state index contributed by atoms with van der Waals surface area (Å²) in [7, 11) is 0. The number of esters is 1. The number of nitrogens with one attached hydrogen (secondary N) is 2. The maximum Gasteiger partial charge on any atom is 0.305 e. The van der Waals surface area contributed by atoms with Gasteiger partial charge in [0, 0.05) is 19.4 Å². The van der Waals surface area contributed by atoms with Gasteiger partial charge in [0.05, 0.1) is 31.3 Å². The van der Waals surface area contributed by atoms with E-state index in [0.29, 0.717) is 19.4 Å². The SMILES string of the molecule is C=CCCCCC(=O)OCC(C)(C)NC(=O)C(CC=C)CC(=O)NCCOCCO. The number of ether oxygens (including phenoxy) is 2. The monoisotopic (exact) mass is 426 g/mol. The van der Waals surface area contributed by atoms with Gasteiger partial charge in [-0.3, -0.25) is 14.4 Å². The number of allylic oxidation sites excluding steroid dienone is 2. The summed E-state index contributed by atoms with van der Waals surface area (Å²) < 4.78 is 10.4. The van der Waals surface area contributed by atoms with E-state index in [4.69, 9.17) is 14.6 Å². The standard InChI is InChI=1S/C22H38N2O6/c1-5-7-8-9-11-20(27)30-17-22(3,4)24-21(28)18(10-6-2)16-19(26)23-12-14-29-15-13-25/h5-6,18,25H,1-2,7-17H2,3-4H3,(H,23,26)(H,24,28). The zero-order chi connectivity index (χ0) is 22.8. The highest BCUT2D eigenvalue weighted by molar-refractivity contribution is 5.86. The number of unbranched alkanes of at least 4 members (excludes halogenated alkanes) is 2. The molecule has 0 aromatic rings. The Morgan fingerprint density at radius 2 is 1.87 bits per heavy atom. The van der Waals surface area contributed by atoms with Crippen LogP contribution in [0.1, 0.15) is 52.4 Å². The largest absolute Gasteiger partial charge is 0.463 e. The summed E-state index contributed by atoms with van der Waals surface area (Å²) in [5.41, 5.74) is -0.762. The van der Waals surface area contributed by atoms with Gasteiger partial charge in [-0.05, 0) is 39.5 Å². The first-order valence-corrected chi connectivity index (χ1v) is 10.4. The van der Waals surface area contributed by atoms with Gasteiger partial charge in [-0.2, -0.15) is 0 Å². The first kappa shape index (κ1) is 27.8. The van der Waals surface area contributed by atoms with E-state index in [1.54, 1.807) is 19.9 Å². The van der Waals surface area contributed by atoms with E-state index in [2.05, 4.69) is 23.8 Å². The van der Waals surface area contributed by atoms with E-state index < -0.39 is 11.5 Å². The van der Waals surface area contributed by atoms with Crippen LogP contribution in [0, 0.1) is 5.92 Å². The third-order valence-corrected chi connectivity index (χ3v) is 4.15. The van der Waals surface area contributed by atoms with Crippen molar-refractivity contribution in [2.75, 3.05) is 33.0 Å². The van der Waals surface area contributed by atoms with Gasteiger partial charge in [0.15, 0.2) is 0 Å². The van der Waals surface area contributed by atoms with Crippen molar-refractivity contribution in [3.63, 3.8) is 0 Å². The Kier molecular flexibility index (Phi) is 15.4. The summed E-state index contributed by atoms with van der Waals surface area (Å²) in [4.78, 5) is 36.6. The van der Waals surface area contributed by atoms with Gasteiger partial charge in [-0.15, -0.1) is 13.2 Å². The first-order chi connectivity index (χ1) is 14.3. The number of aliphatic hydroxyl groups excluding tert-OH is 1. The Bertz CT molecular complexity index is 548. The molecule has 8 nitrogen and oxygen atoms in total. The first-order valence-electron chi connectivity index (χ1n) is 10.4. The molecule has 0 fully saturated rings. The van der Waals surface area contributed by atoms with Crippen molar-refractivity contribution in [3.8, 4) is 0 Å². The quantitative estimate of drug-likeness (QED) is 0.175. The molecule has 0 spiro atoms. The van der Waals surface area contributed by atoms with Gasteiger partial charge in [0.1, 0.15) is 6.61 Å². The molecule has 30 heavy (non-hydrogen) atoms. The lowest BCUT2D eigenvalue weighted by molar-refractivity contribution is -0.147. The Morgan fingerprint density at radius 1 is 1.13 bits per heavy atom. The molecule has 0 rings (SSSR count). The van der Waals surface area contributed by atoms with Gasteiger partial charge >= 0.3 is 5.97 Å². The molecule has 0 saturated heterocycles. The third kappa shape index (κ3) is 14.8. The van der Waals surface area contributed by atoms with Crippen molar-refractivity contribution in [2.45, 2.75) is 57.9 Å². The van der Waals surface area contributed by atoms with Crippen molar-refractivity contribution in [3.05, 3.63) is 25.3 Å². The molecule has 8 heteroatoms. The fraction of sp³-hybridized carbons (Fsp3) is 0.682. The fourth-order valence-electron chi connectivity index (χ4n) is 2.57. The number of aliphatic hydroxyl groups is 1. The number of hydrogen-bond acceptors (Lipinski definition) is 6. The Hall–Kier alpha value is -2.19. The zero-order valence-corrected chi connectivity index (χ0v) is 18.4. The van der Waals surface area contributed by atoms with Gasteiger partial charge in [0.25, 0.3) is 0 Å². The molecular formula is C22H38N2O6. The average Bonchev–Trinajstić information content (AvgIpc) is 2.69. The minimum atomic E-state index is -0.762. The molecular weight excluding hydrogens is 388 g/mol. The molecule has 172 valence electrons. The van der Waals surface area contributed by atoms with Crippen LogP contribution in [0.2, 0.25) is 0 Å². The van der Waals surface area contributed by atoms with Crippen molar-refractivity contribution >= 4 is 17.8 Å². The summed E-state index contributed by atoms with van der Waals surface area (Å²) in [5, 5.41) is 14.2. The second kappa shape index (κ2) is 16.6. The third-order valence-electron chi connectivity index (χ3n) is 4.15. The minimum Gasteiger partial charge on any atom is -0.463 e. The summed E-state index contributed by atoms with van der Waals surface area (Å²) in [6.07, 6.45) is 6.59. The molecule has 0 saturated carbocycles. The number of hydrogen-bond donors (Lipinski definition) is 3. The maximum atomic E-state index is 12.6. The number of amides is 2. The normalized spacial score (nSPS) is 12.0. The predicted molar refractivity (Wildman–Crippen MR) is 116 cm³/mol. The molecule has 0 aromatic carbocycles. The zero-order valence-electron chi connectivity index (χ0n) is 18.4. The lowest BCUT2D eigenvalue weighted by atomic mass is 9.97. The molecule has 0 aliphatic heterocycles. The highest BCUT2D eigenvalue weighted by Gasteiger charge is 2.28. The molecule has 0 heterocycles. The van der Waals surface area contributed by atoms with Gasteiger partial charge in [0.2, 0.25) is 11.8 Å². The highest BCUT2D eigenvalue weighted by Crippen LogP contribution is 2.13. The highest BCUT2D eigenvalue weighted by atomic mass is 16.5. The minimum absolute atomic E-state index is 0.0109. The van der Waals surface area contributed by atoms with E-state index in [1.807, 2.05) is 6.08 Å². The summed E-state index contributed by atoms with van der Waals surface area (Å²) >= 11 is 0. The Morgan fingerprint density at radius 3 is 2.50 bits per heavy atom. The average molecular weight is 427 g/mol. The smallest absolute Gasteiger partial charge is 0.305 e. The summed E-state index contributed by atoms with van der Waals surface area (Å²) in [6, 6.07) is 0. The molecule has 1 atom stereocenters. The van der Waals surface area contributed by atoms with E-state index in [1.165, 1.54) is 0 Å². The number of carbonyl (C=O) groups excluding carboxylic acids is 3. The van der Waals surface area contributed by atoms with E-state index >= 15 is 0 Å². The van der Waals surface area contributed by atoms with E-state index in [-0.39, 0.29) is 50.6 Å². The number of rotatable bonds is 18. The van der Waals surface area contributed by atoms with Crippen LogP contribution in [-0.4, -0.2) is 61.4 Å². The van der Waals surface area contributed by atoms with Gasteiger partial charge in [-0.25, -0.2) is 0 Å². The van der Waals surface area contributed by atoms with Crippen molar-refractivity contribution in [1.82, 2.24) is 10.6 Å². The second-order valence-electron chi connectivity index (χ2n) is 7.68. The maximum absolute atomic E-state index is 12.6. The van der Waals surface area contributed by atoms with Crippen molar-refractivity contribution < 1.29 is 29.0 Å². The van der Waals surface area contributed by atoms with Crippen molar-refractivity contribution in [1.29, 1.82) is 0 Å². The van der Waals surface area contributed by atoms with Crippen molar-refractivity contribution in [2.24, 2.45) is 5.92 Å². The summed E-state index contributed by atoms with van der Waals surface area (Å²) in [6.45, 7) is 11.6. The summed E-state index contributed by atoms with van der Waals surface area (Å²) in [5.74, 6) is -1.44. The van der Waals surface area contributed by atoms with Crippen LogP contribution in [0.15, 0.2) is 25.3 Å². The molecule has 0 bridgehead atoms. The van der Waals surface area contributed by atoms with Crippen LogP contribution >= 0.6 is 0 Å². The predicted octanol–water partition coefficient (Wildman–Crippen LogP) is 1.88. The lowest BCUT2D eigenvalue weighted by Gasteiger charge is -2.28. The van der Waals surface area contributed by atoms with Crippen LogP contribution in [0.25, 0.3) is 0 Å². The number of carbonyl (C=O) groups is 3. The molecule has 1 unspecified atom stereocenters. The van der Waals surface area contributed by atoms with Gasteiger partial charge in [-0.1, -0.05) is 12.2 Å². The topological polar surface area (TPSA) is 114 Å². The van der Waals surface area contributed by atoms with Gasteiger partial charge < -0.3 is 25.2 Å². The Balaban J connectivity index is 4.44.